The first kappa shape index (κ1) is 18.4. The molecule has 6 heteroatoms. The SMILES string of the molecule is CCN(C)C=Nc1cc(Br)c(OC(C)c2ccccc2F)nc1C. The summed E-state index contributed by atoms with van der Waals surface area (Å²) < 4.78 is 20.4. The van der Waals surface area contributed by atoms with Crippen molar-refractivity contribution in [3.8, 4) is 5.88 Å². The maximum atomic E-state index is 13.9. The highest BCUT2D eigenvalue weighted by atomic mass is 79.9. The van der Waals surface area contributed by atoms with E-state index in [-0.39, 0.29) is 5.82 Å². The van der Waals surface area contributed by atoms with Crippen molar-refractivity contribution in [3.63, 3.8) is 0 Å². The van der Waals surface area contributed by atoms with Crippen LogP contribution in [0.5, 0.6) is 5.88 Å². The lowest BCUT2D eigenvalue weighted by Gasteiger charge is -2.17. The standard InChI is InChI=1S/C18H21BrFN3O/c1-5-23(4)11-21-17-10-15(19)18(22-12(17)2)24-13(3)14-8-6-7-9-16(14)20/h6-11,13H,5H2,1-4H3. The quantitative estimate of drug-likeness (QED) is 0.509. The van der Waals surface area contributed by atoms with Crippen LogP contribution in [0.25, 0.3) is 0 Å². The van der Waals surface area contributed by atoms with Gasteiger partial charge in [0.05, 0.1) is 22.2 Å². The van der Waals surface area contributed by atoms with Gasteiger partial charge in [0.15, 0.2) is 0 Å². The molecule has 1 atom stereocenters. The van der Waals surface area contributed by atoms with Crippen LogP contribution in [0.15, 0.2) is 39.8 Å². The van der Waals surface area contributed by atoms with Crippen molar-refractivity contribution in [2.75, 3.05) is 13.6 Å². The van der Waals surface area contributed by atoms with Crippen LogP contribution in [0.4, 0.5) is 10.1 Å². The zero-order valence-electron chi connectivity index (χ0n) is 14.3. The highest BCUT2D eigenvalue weighted by molar-refractivity contribution is 9.10. The summed E-state index contributed by atoms with van der Waals surface area (Å²) in [5.41, 5.74) is 2.00. The van der Waals surface area contributed by atoms with Gasteiger partial charge in [-0.15, -0.1) is 0 Å². The van der Waals surface area contributed by atoms with Crippen LogP contribution in [0.2, 0.25) is 0 Å². The molecule has 0 aliphatic rings. The molecule has 0 aliphatic carbocycles. The second-order valence-electron chi connectivity index (χ2n) is 5.48. The van der Waals surface area contributed by atoms with Gasteiger partial charge in [0.1, 0.15) is 11.9 Å². The van der Waals surface area contributed by atoms with Crippen molar-refractivity contribution >= 4 is 28.0 Å². The van der Waals surface area contributed by atoms with Gasteiger partial charge in [-0.05, 0) is 48.8 Å². The van der Waals surface area contributed by atoms with Crippen molar-refractivity contribution in [1.82, 2.24) is 9.88 Å². The Morgan fingerprint density at radius 3 is 2.79 bits per heavy atom. The van der Waals surface area contributed by atoms with E-state index in [1.807, 2.05) is 31.9 Å². The van der Waals surface area contributed by atoms with E-state index < -0.39 is 6.10 Å². The molecule has 128 valence electrons. The number of pyridine rings is 1. The molecule has 0 fully saturated rings. The molecule has 0 aliphatic heterocycles. The number of aryl methyl sites for hydroxylation is 1. The van der Waals surface area contributed by atoms with Gasteiger partial charge in [0.2, 0.25) is 5.88 Å². The smallest absolute Gasteiger partial charge is 0.228 e. The van der Waals surface area contributed by atoms with Gasteiger partial charge in [-0.1, -0.05) is 18.2 Å². The third-order valence-electron chi connectivity index (χ3n) is 3.63. The third-order valence-corrected chi connectivity index (χ3v) is 4.20. The number of hydrogen-bond donors (Lipinski definition) is 0. The van der Waals surface area contributed by atoms with Crippen LogP contribution in [0.3, 0.4) is 0 Å². The summed E-state index contributed by atoms with van der Waals surface area (Å²) in [5, 5.41) is 0. The van der Waals surface area contributed by atoms with Crippen molar-refractivity contribution in [2.24, 2.45) is 4.99 Å². The molecule has 24 heavy (non-hydrogen) atoms. The highest BCUT2D eigenvalue weighted by Gasteiger charge is 2.15. The first-order valence-corrected chi connectivity index (χ1v) is 8.54. The van der Waals surface area contributed by atoms with Gasteiger partial charge < -0.3 is 9.64 Å². The molecule has 0 amide bonds. The lowest BCUT2D eigenvalue weighted by molar-refractivity contribution is 0.210. The second-order valence-corrected chi connectivity index (χ2v) is 6.33. The predicted octanol–water partition coefficient (Wildman–Crippen LogP) is 5.04. The molecule has 2 rings (SSSR count). The normalized spacial score (nSPS) is 12.4. The number of nitrogens with zero attached hydrogens (tertiary/aromatic N) is 3. The molecule has 1 unspecified atom stereocenters. The molecule has 4 nitrogen and oxygen atoms in total. The fourth-order valence-corrected chi connectivity index (χ4v) is 2.44. The van der Waals surface area contributed by atoms with E-state index in [0.717, 1.165) is 17.9 Å². The van der Waals surface area contributed by atoms with Gasteiger partial charge in [-0.3, -0.25) is 0 Å². The molecular formula is C18H21BrFN3O. The van der Waals surface area contributed by atoms with E-state index in [4.69, 9.17) is 4.74 Å². The Kier molecular flexibility index (Phi) is 6.31. The van der Waals surface area contributed by atoms with Crippen molar-refractivity contribution in [1.29, 1.82) is 0 Å². The first-order chi connectivity index (χ1) is 11.4. The summed E-state index contributed by atoms with van der Waals surface area (Å²) in [6.07, 6.45) is 1.31. The number of halogens is 2. The van der Waals surface area contributed by atoms with E-state index in [0.29, 0.717) is 15.9 Å². The predicted molar refractivity (Wildman–Crippen MR) is 98.6 cm³/mol. The Labute approximate surface area is 150 Å². The number of ether oxygens (including phenoxy) is 1. The van der Waals surface area contributed by atoms with Gasteiger partial charge >= 0.3 is 0 Å². The van der Waals surface area contributed by atoms with Crippen LogP contribution in [0, 0.1) is 12.7 Å². The number of benzene rings is 1. The highest BCUT2D eigenvalue weighted by Crippen LogP contribution is 2.32. The first-order valence-electron chi connectivity index (χ1n) is 7.75. The molecule has 1 heterocycles. The Bertz CT molecular complexity index is 736. The van der Waals surface area contributed by atoms with E-state index in [2.05, 4.69) is 25.9 Å². The summed E-state index contributed by atoms with van der Waals surface area (Å²) in [6, 6.07) is 8.43. The summed E-state index contributed by atoms with van der Waals surface area (Å²) in [7, 11) is 1.95. The second kappa shape index (κ2) is 8.24. The average molecular weight is 394 g/mol. The summed E-state index contributed by atoms with van der Waals surface area (Å²) in [6.45, 7) is 6.59. The number of hydrogen-bond acceptors (Lipinski definition) is 3. The van der Waals surface area contributed by atoms with Gasteiger partial charge in [-0.2, -0.15) is 0 Å². The number of aromatic nitrogens is 1. The number of aliphatic imine (C=N–C) groups is 1. The maximum Gasteiger partial charge on any atom is 0.228 e. The molecule has 2 aromatic rings. The van der Waals surface area contributed by atoms with Crippen LogP contribution < -0.4 is 4.74 Å². The minimum Gasteiger partial charge on any atom is -0.469 e. The van der Waals surface area contributed by atoms with E-state index >= 15 is 0 Å². The topological polar surface area (TPSA) is 37.7 Å². The van der Waals surface area contributed by atoms with Crippen molar-refractivity contribution in [3.05, 3.63) is 51.9 Å². The fourth-order valence-electron chi connectivity index (χ4n) is 2.04. The molecule has 0 N–H and O–H groups in total. The Morgan fingerprint density at radius 1 is 1.42 bits per heavy atom. The molecule has 1 aromatic carbocycles. The van der Waals surface area contributed by atoms with Crippen LogP contribution in [0.1, 0.15) is 31.2 Å². The average Bonchev–Trinajstić information content (AvgIpc) is 2.56. The lowest BCUT2D eigenvalue weighted by atomic mass is 10.1. The summed E-state index contributed by atoms with van der Waals surface area (Å²) in [4.78, 5) is 10.8. The molecule has 0 bridgehead atoms. The molecule has 1 aromatic heterocycles. The van der Waals surface area contributed by atoms with Crippen LogP contribution >= 0.6 is 15.9 Å². The van der Waals surface area contributed by atoms with Gasteiger partial charge in [0.25, 0.3) is 0 Å². The molecule has 0 saturated carbocycles. The van der Waals surface area contributed by atoms with Crippen molar-refractivity contribution < 1.29 is 9.13 Å². The van der Waals surface area contributed by atoms with E-state index in [1.54, 1.807) is 31.5 Å². The minimum atomic E-state index is -0.449. The Morgan fingerprint density at radius 2 is 2.12 bits per heavy atom. The van der Waals surface area contributed by atoms with E-state index in [1.165, 1.54) is 6.07 Å². The molecule has 0 radical (unpaired) electrons. The van der Waals surface area contributed by atoms with E-state index in [9.17, 15) is 4.39 Å². The van der Waals surface area contributed by atoms with Crippen LogP contribution in [-0.4, -0.2) is 29.8 Å². The van der Waals surface area contributed by atoms with Crippen molar-refractivity contribution in [2.45, 2.75) is 26.9 Å². The molecule has 0 spiro atoms. The number of rotatable bonds is 6. The van der Waals surface area contributed by atoms with Crippen LogP contribution in [-0.2, 0) is 0 Å². The molecule has 0 saturated heterocycles. The zero-order valence-corrected chi connectivity index (χ0v) is 15.8. The van der Waals surface area contributed by atoms with Gasteiger partial charge in [-0.25, -0.2) is 14.4 Å². The largest absolute Gasteiger partial charge is 0.469 e. The monoisotopic (exact) mass is 393 g/mol. The molecular weight excluding hydrogens is 373 g/mol. The zero-order chi connectivity index (χ0) is 17.7. The lowest BCUT2D eigenvalue weighted by Crippen LogP contribution is -2.14. The third kappa shape index (κ3) is 4.54. The summed E-state index contributed by atoms with van der Waals surface area (Å²) in [5.74, 6) is 0.132. The van der Waals surface area contributed by atoms with Gasteiger partial charge in [0, 0.05) is 19.2 Å². The fraction of sp³-hybridized carbons (Fsp3) is 0.333. The minimum absolute atomic E-state index is 0.290. The Balaban J connectivity index is 2.22. The Hall–Kier alpha value is -1.95. The summed E-state index contributed by atoms with van der Waals surface area (Å²) >= 11 is 3.46. The maximum absolute atomic E-state index is 13.9.